The van der Waals surface area contributed by atoms with Gasteiger partial charge in [0.05, 0.1) is 12.5 Å². The van der Waals surface area contributed by atoms with Gasteiger partial charge in [-0.05, 0) is 18.6 Å². The number of benzene rings is 3. The lowest BCUT2D eigenvalue weighted by Crippen LogP contribution is -2.42. The van der Waals surface area contributed by atoms with Gasteiger partial charge in [-0.1, -0.05) is 85.3 Å². The van der Waals surface area contributed by atoms with Gasteiger partial charge in [0.2, 0.25) is 0 Å². The number of rotatable bonds is 7. The molecule has 28 heavy (non-hydrogen) atoms. The van der Waals surface area contributed by atoms with E-state index in [4.69, 9.17) is 10.5 Å². The predicted octanol–water partition coefficient (Wildman–Crippen LogP) is 4.98. The molecular formula is C25H27NO2. The standard InChI is InChI=1S/C25H27NO2/c1-18-10-9-13-20(16-18)23(21-14-7-8-15-22(21)28-3)25(2,17-26)24(27)19-11-5-4-6-12-19/h4-16,23H,17,26H2,1-3H3. The van der Waals surface area contributed by atoms with Crippen molar-refractivity contribution in [1.82, 2.24) is 0 Å². The Bertz CT molecular complexity index is 952. The van der Waals surface area contributed by atoms with Crippen LogP contribution < -0.4 is 10.5 Å². The summed E-state index contributed by atoms with van der Waals surface area (Å²) in [4.78, 5) is 13.6. The van der Waals surface area contributed by atoms with Gasteiger partial charge in [-0.15, -0.1) is 0 Å². The molecule has 0 aliphatic carbocycles. The molecule has 2 unspecified atom stereocenters. The molecule has 3 aromatic carbocycles. The van der Waals surface area contributed by atoms with Gasteiger partial charge < -0.3 is 10.5 Å². The van der Waals surface area contributed by atoms with Crippen molar-refractivity contribution >= 4 is 5.78 Å². The second kappa shape index (κ2) is 8.41. The largest absolute Gasteiger partial charge is 0.496 e. The predicted molar refractivity (Wildman–Crippen MR) is 114 cm³/mol. The summed E-state index contributed by atoms with van der Waals surface area (Å²) in [6.07, 6.45) is 0. The number of carbonyl (C=O) groups is 1. The normalized spacial score (nSPS) is 14.1. The van der Waals surface area contributed by atoms with Crippen LogP contribution in [0, 0.1) is 12.3 Å². The maximum atomic E-state index is 13.6. The highest BCUT2D eigenvalue weighted by Crippen LogP contribution is 2.46. The Hall–Kier alpha value is -2.91. The summed E-state index contributed by atoms with van der Waals surface area (Å²) in [5, 5.41) is 0. The molecule has 3 aromatic rings. The molecule has 2 atom stereocenters. The Morgan fingerprint density at radius 2 is 1.68 bits per heavy atom. The first-order valence-corrected chi connectivity index (χ1v) is 9.50. The number of ketones is 1. The average Bonchev–Trinajstić information content (AvgIpc) is 2.74. The molecular weight excluding hydrogens is 346 g/mol. The lowest BCUT2D eigenvalue weighted by molar-refractivity contribution is 0.0801. The first-order valence-electron chi connectivity index (χ1n) is 9.50. The van der Waals surface area contributed by atoms with E-state index < -0.39 is 5.41 Å². The number of hydrogen-bond acceptors (Lipinski definition) is 3. The molecule has 3 nitrogen and oxygen atoms in total. The molecule has 0 aromatic heterocycles. The van der Waals surface area contributed by atoms with Gasteiger partial charge in [-0.2, -0.15) is 0 Å². The van der Waals surface area contributed by atoms with Crippen LogP contribution in [-0.2, 0) is 0 Å². The van der Waals surface area contributed by atoms with Gasteiger partial charge in [-0.3, -0.25) is 4.79 Å². The fraction of sp³-hybridized carbons (Fsp3) is 0.240. The minimum atomic E-state index is -0.830. The van der Waals surface area contributed by atoms with E-state index >= 15 is 0 Å². The zero-order chi connectivity index (χ0) is 20.1. The summed E-state index contributed by atoms with van der Waals surface area (Å²) in [6.45, 7) is 4.24. The van der Waals surface area contributed by atoms with Crippen molar-refractivity contribution in [1.29, 1.82) is 0 Å². The van der Waals surface area contributed by atoms with Crippen molar-refractivity contribution in [3.63, 3.8) is 0 Å². The fourth-order valence-corrected chi connectivity index (χ4v) is 3.91. The molecule has 0 heterocycles. The first kappa shape index (κ1) is 19.8. The van der Waals surface area contributed by atoms with Crippen LogP contribution in [0.25, 0.3) is 0 Å². The second-order valence-electron chi connectivity index (χ2n) is 7.41. The van der Waals surface area contributed by atoms with E-state index in [-0.39, 0.29) is 18.2 Å². The number of ether oxygens (including phenoxy) is 1. The van der Waals surface area contributed by atoms with E-state index in [0.29, 0.717) is 5.56 Å². The molecule has 0 amide bonds. The molecule has 0 aliphatic rings. The molecule has 0 saturated carbocycles. The molecule has 0 aliphatic heterocycles. The molecule has 0 radical (unpaired) electrons. The van der Waals surface area contributed by atoms with Crippen molar-refractivity contribution in [3.05, 3.63) is 101 Å². The molecule has 0 bridgehead atoms. The van der Waals surface area contributed by atoms with Crippen LogP contribution in [0.5, 0.6) is 5.75 Å². The lowest BCUT2D eigenvalue weighted by Gasteiger charge is -2.37. The highest BCUT2D eigenvalue weighted by molar-refractivity contribution is 6.01. The van der Waals surface area contributed by atoms with Gasteiger partial charge in [-0.25, -0.2) is 0 Å². The van der Waals surface area contributed by atoms with Crippen LogP contribution in [0.3, 0.4) is 0 Å². The topological polar surface area (TPSA) is 52.3 Å². The van der Waals surface area contributed by atoms with E-state index in [1.165, 1.54) is 0 Å². The summed E-state index contributed by atoms with van der Waals surface area (Å²) >= 11 is 0. The summed E-state index contributed by atoms with van der Waals surface area (Å²) in [5.74, 6) is 0.559. The monoisotopic (exact) mass is 373 g/mol. The number of nitrogens with two attached hydrogens (primary N) is 1. The minimum absolute atomic E-state index is 0.0352. The third-order valence-electron chi connectivity index (χ3n) is 5.44. The number of carbonyl (C=O) groups excluding carboxylic acids is 1. The Labute approximate surface area is 167 Å². The molecule has 3 heteroatoms. The quantitative estimate of drug-likeness (QED) is 0.594. The number of hydrogen-bond donors (Lipinski definition) is 1. The third-order valence-corrected chi connectivity index (χ3v) is 5.44. The van der Waals surface area contributed by atoms with Crippen molar-refractivity contribution in [2.45, 2.75) is 19.8 Å². The van der Waals surface area contributed by atoms with Crippen molar-refractivity contribution in [2.24, 2.45) is 11.1 Å². The van der Waals surface area contributed by atoms with Gasteiger partial charge >= 0.3 is 0 Å². The molecule has 144 valence electrons. The number of aryl methyl sites for hydroxylation is 1. The Morgan fingerprint density at radius 3 is 2.32 bits per heavy atom. The lowest BCUT2D eigenvalue weighted by atomic mass is 9.66. The highest BCUT2D eigenvalue weighted by atomic mass is 16.5. The SMILES string of the molecule is COc1ccccc1C(c1cccc(C)c1)C(C)(CN)C(=O)c1ccccc1. The molecule has 2 N–H and O–H groups in total. The fourth-order valence-electron chi connectivity index (χ4n) is 3.91. The maximum Gasteiger partial charge on any atom is 0.170 e. The van der Waals surface area contributed by atoms with Crippen LogP contribution in [0.1, 0.15) is 39.9 Å². The van der Waals surface area contributed by atoms with Gasteiger partial charge in [0.15, 0.2) is 5.78 Å². The van der Waals surface area contributed by atoms with Gasteiger partial charge in [0.1, 0.15) is 5.75 Å². The van der Waals surface area contributed by atoms with Gasteiger partial charge in [0.25, 0.3) is 0 Å². The Morgan fingerprint density at radius 1 is 1.00 bits per heavy atom. The summed E-state index contributed by atoms with van der Waals surface area (Å²) in [5.41, 5.74) is 9.29. The van der Waals surface area contributed by atoms with Crippen LogP contribution in [0.2, 0.25) is 0 Å². The zero-order valence-corrected chi connectivity index (χ0v) is 16.7. The average molecular weight is 373 g/mol. The van der Waals surface area contributed by atoms with Gasteiger partial charge in [0, 0.05) is 23.6 Å². The van der Waals surface area contributed by atoms with Crippen molar-refractivity contribution in [2.75, 3.05) is 13.7 Å². The number of Topliss-reactive ketones (excluding diaryl/α,β-unsaturated/α-hetero) is 1. The Balaban J connectivity index is 2.23. The summed E-state index contributed by atoms with van der Waals surface area (Å²) < 4.78 is 5.65. The minimum Gasteiger partial charge on any atom is -0.496 e. The molecule has 0 fully saturated rings. The second-order valence-corrected chi connectivity index (χ2v) is 7.41. The maximum absolute atomic E-state index is 13.6. The highest BCUT2D eigenvalue weighted by Gasteiger charge is 2.43. The van der Waals surface area contributed by atoms with Crippen molar-refractivity contribution < 1.29 is 9.53 Å². The Kier molecular flexibility index (Phi) is 5.96. The number of methoxy groups -OCH3 is 1. The smallest absolute Gasteiger partial charge is 0.170 e. The summed E-state index contributed by atoms with van der Waals surface area (Å²) in [7, 11) is 1.66. The molecule has 0 saturated heterocycles. The van der Waals surface area contributed by atoms with Crippen LogP contribution in [0.4, 0.5) is 0 Å². The summed E-state index contributed by atoms with van der Waals surface area (Å²) in [6, 6.07) is 25.5. The molecule has 3 rings (SSSR count). The van der Waals surface area contributed by atoms with Crippen molar-refractivity contribution in [3.8, 4) is 5.75 Å². The van der Waals surface area contributed by atoms with Crippen LogP contribution >= 0.6 is 0 Å². The zero-order valence-electron chi connectivity index (χ0n) is 16.7. The first-order chi connectivity index (χ1) is 13.5. The number of para-hydroxylation sites is 1. The van der Waals surface area contributed by atoms with E-state index in [1.54, 1.807) is 7.11 Å². The van der Waals surface area contributed by atoms with E-state index in [2.05, 4.69) is 25.1 Å². The third kappa shape index (κ3) is 3.71. The van der Waals surface area contributed by atoms with E-state index in [0.717, 1.165) is 22.4 Å². The van der Waals surface area contributed by atoms with Crippen LogP contribution in [-0.4, -0.2) is 19.4 Å². The van der Waals surface area contributed by atoms with Crippen LogP contribution in [0.15, 0.2) is 78.9 Å². The molecule has 0 spiro atoms. The van der Waals surface area contributed by atoms with E-state index in [1.807, 2.05) is 67.6 Å². The van der Waals surface area contributed by atoms with E-state index in [9.17, 15) is 4.79 Å².